The molecule has 0 spiro atoms. The van der Waals surface area contributed by atoms with E-state index in [-0.39, 0.29) is 6.04 Å². The third kappa shape index (κ3) is 2.95. The van der Waals surface area contributed by atoms with Gasteiger partial charge in [0, 0.05) is 26.1 Å². The van der Waals surface area contributed by atoms with Crippen LogP contribution >= 0.6 is 11.6 Å². The van der Waals surface area contributed by atoms with Crippen molar-refractivity contribution >= 4 is 11.6 Å². The molecule has 0 aliphatic carbocycles. The Balaban J connectivity index is 2.85. The Kier molecular flexibility index (Phi) is 5.21. The predicted molar refractivity (Wildman–Crippen MR) is 64.3 cm³/mol. The molecule has 1 aromatic heterocycles. The zero-order valence-corrected chi connectivity index (χ0v) is 10.7. The van der Waals surface area contributed by atoms with Crippen molar-refractivity contribution in [2.45, 2.75) is 32.9 Å². The van der Waals surface area contributed by atoms with E-state index >= 15 is 0 Å². The van der Waals surface area contributed by atoms with Crippen LogP contribution in [0.4, 0.5) is 0 Å². The first-order chi connectivity index (χ1) is 7.63. The molecule has 0 bridgehead atoms. The molecule has 0 fully saturated rings. The molecule has 0 aliphatic rings. The summed E-state index contributed by atoms with van der Waals surface area (Å²) in [6.07, 6.45) is 0.706. The van der Waals surface area contributed by atoms with Crippen LogP contribution in [-0.2, 0) is 17.7 Å². The van der Waals surface area contributed by atoms with E-state index in [1.165, 1.54) is 0 Å². The first-order valence-corrected chi connectivity index (χ1v) is 5.68. The van der Waals surface area contributed by atoms with Gasteiger partial charge in [-0.25, -0.2) is 0 Å². The van der Waals surface area contributed by atoms with Crippen molar-refractivity contribution in [2.75, 3.05) is 13.7 Å². The van der Waals surface area contributed by atoms with Gasteiger partial charge in [-0.15, -0.1) is 0 Å². The Hall–Kier alpha value is -0.620. The molecule has 92 valence electrons. The number of hydrazine groups is 1. The second-order valence-corrected chi connectivity index (χ2v) is 4.06. The van der Waals surface area contributed by atoms with Gasteiger partial charge in [-0.3, -0.25) is 16.0 Å². The lowest BCUT2D eigenvalue weighted by Gasteiger charge is -2.15. The van der Waals surface area contributed by atoms with Crippen LogP contribution in [0.15, 0.2) is 0 Å². The highest BCUT2D eigenvalue weighted by Gasteiger charge is 2.16. The average molecular weight is 247 g/mol. The minimum Gasteiger partial charge on any atom is -0.383 e. The summed E-state index contributed by atoms with van der Waals surface area (Å²) < 4.78 is 6.97. The van der Waals surface area contributed by atoms with E-state index in [0.29, 0.717) is 13.0 Å². The van der Waals surface area contributed by atoms with Crippen LogP contribution in [0.3, 0.4) is 0 Å². The number of rotatable bonds is 6. The highest BCUT2D eigenvalue weighted by atomic mass is 35.5. The van der Waals surface area contributed by atoms with Gasteiger partial charge in [0.2, 0.25) is 0 Å². The smallest absolute Gasteiger partial charge is 0.0847 e. The van der Waals surface area contributed by atoms with Crippen molar-refractivity contribution in [2.24, 2.45) is 5.84 Å². The van der Waals surface area contributed by atoms with Crippen molar-refractivity contribution in [1.82, 2.24) is 15.2 Å². The number of hydrogen-bond acceptors (Lipinski definition) is 4. The number of halogens is 1. The van der Waals surface area contributed by atoms with E-state index in [1.807, 2.05) is 18.5 Å². The molecule has 0 aliphatic heterocycles. The summed E-state index contributed by atoms with van der Waals surface area (Å²) in [6.45, 7) is 5.28. The fraction of sp³-hybridized carbons (Fsp3) is 0.700. The number of aryl methyl sites for hydroxylation is 2. The third-order valence-corrected chi connectivity index (χ3v) is 2.99. The summed E-state index contributed by atoms with van der Waals surface area (Å²) in [5.74, 6) is 5.45. The molecule has 1 aromatic rings. The van der Waals surface area contributed by atoms with Crippen LogP contribution in [0.1, 0.15) is 18.3 Å². The van der Waals surface area contributed by atoms with Gasteiger partial charge in [0.05, 0.1) is 23.0 Å². The van der Waals surface area contributed by atoms with Crippen LogP contribution in [0.5, 0.6) is 0 Å². The molecule has 0 saturated heterocycles. The van der Waals surface area contributed by atoms with Crippen molar-refractivity contribution in [3.05, 3.63) is 16.4 Å². The number of nitrogens with one attached hydrogen (secondary N) is 1. The molecule has 3 N–H and O–H groups in total. The second kappa shape index (κ2) is 6.20. The van der Waals surface area contributed by atoms with Crippen LogP contribution < -0.4 is 11.3 Å². The van der Waals surface area contributed by atoms with Gasteiger partial charge in [-0.1, -0.05) is 11.6 Å². The first-order valence-electron chi connectivity index (χ1n) is 5.30. The summed E-state index contributed by atoms with van der Waals surface area (Å²) in [5, 5.41) is 5.07. The molecule has 1 rings (SSSR count). The number of nitrogens with zero attached hydrogens (tertiary/aromatic N) is 2. The minimum absolute atomic E-state index is 0.0453. The van der Waals surface area contributed by atoms with Gasteiger partial charge in [0.1, 0.15) is 0 Å². The van der Waals surface area contributed by atoms with Gasteiger partial charge < -0.3 is 4.74 Å². The topological polar surface area (TPSA) is 65.1 Å². The van der Waals surface area contributed by atoms with E-state index in [4.69, 9.17) is 22.2 Å². The summed E-state index contributed by atoms with van der Waals surface area (Å²) in [4.78, 5) is 0. The molecule has 16 heavy (non-hydrogen) atoms. The third-order valence-electron chi connectivity index (χ3n) is 2.50. The minimum atomic E-state index is 0.0453. The lowest BCUT2D eigenvalue weighted by Crippen LogP contribution is -2.40. The van der Waals surface area contributed by atoms with Crippen molar-refractivity contribution in [1.29, 1.82) is 0 Å². The van der Waals surface area contributed by atoms with Gasteiger partial charge in [0.15, 0.2) is 0 Å². The van der Waals surface area contributed by atoms with E-state index in [1.54, 1.807) is 7.11 Å². The second-order valence-electron chi connectivity index (χ2n) is 3.68. The van der Waals surface area contributed by atoms with Gasteiger partial charge >= 0.3 is 0 Å². The molecule has 0 saturated carbocycles. The fourth-order valence-electron chi connectivity index (χ4n) is 1.66. The Bertz CT molecular complexity index is 340. The average Bonchev–Trinajstić information content (AvgIpc) is 2.55. The molecular formula is C10H19ClN4O. The lowest BCUT2D eigenvalue weighted by atomic mass is 10.1. The maximum atomic E-state index is 6.20. The largest absolute Gasteiger partial charge is 0.383 e. The van der Waals surface area contributed by atoms with E-state index < -0.39 is 0 Å². The Morgan fingerprint density at radius 2 is 2.31 bits per heavy atom. The van der Waals surface area contributed by atoms with E-state index in [2.05, 4.69) is 10.5 Å². The quantitative estimate of drug-likeness (QED) is 0.578. The van der Waals surface area contributed by atoms with Crippen LogP contribution in [0.2, 0.25) is 5.02 Å². The Labute approximate surface area is 101 Å². The normalized spacial score (nSPS) is 13.1. The van der Waals surface area contributed by atoms with E-state index in [0.717, 1.165) is 23.0 Å². The van der Waals surface area contributed by atoms with Crippen molar-refractivity contribution in [3.8, 4) is 0 Å². The molecule has 5 nitrogen and oxygen atoms in total. The Morgan fingerprint density at radius 1 is 1.62 bits per heavy atom. The van der Waals surface area contributed by atoms with Gasteiger partial charge in [0.25, 0.3) is 0 Å². The molecule has 0 amide bonds. The highest BCUT2D eigenvalue weighted by molar-refractivity contribution is 6.31. The van der Waals surface area contributed by atoms with Gasteiger partial charge in [-0.2, -0.15) is 5.10 Å². The van der Waals surface area contributed by atoms with Crippen LogP contribution in [0.25, 0.3) is 0 Å². The van der Waals surface area contributed by atoms with Crippen molar-refractivity contribution < 1.29 is 4.74 Å². The number of nitrogens with two attached hydrogens (primary N) is 1. The maximum absolute atomic E-state index is 6.20. The number of methoxy groups -OCH3 is 1. The lowest BCUT2D eigenvalue weighted by molar-refractivity contribution is 0.165. The molecular weight excluding hydrogens is 228 g/mol. The maximum Gasteiger partial charge on any atom is 0.0847 e. The van der Waals surface area contributed by atoms with Crippen LogP contribution in [-0.4, -0.2) is 29.5 Å². The fourth-order valence-corrected chi connectivity index (χ4v) is 1.88. The monoisotopic (exact) mass is 246 g/mol. The van der Waals surface area contributed by atoms with Crippen LogP contribution in [0, 0.1) is 6.92 Å². The Morgan fingerprint density at radius 3 is 2.81 bits per heavy atom. The summed E-state index contributed by atoms with van der Waals surface area (Å²) in [5.41, 5.74) is 4.57. The van der Waals surface area contributed by atoms with Crippen molar-refractivity contribution in [3.63, 3.8) is 0 Å². The summed E-state index contributed by atoms with van der Waals surface area (Å²) >= 11 is 6.20. The summed E-state index contributed by atoms with van der Waals surface area (Å²) in [6, 6.07) is 0.0453. The number of ether oxygens (including phenoxy) is 1. The standard InChI is InChI=1S/C10H19ClN4O/c1-4-15-9(10(11)7(2)14-15)5-8(13-12)6-16-3/h8,13H,4-6,12H2,1-3H3. The first kappa shape index (κ1) is 13.4. The predicted octanol–water partition coefficient (Wildman–Crippen LogP) is 0.886. The summed E-state index contributed by atoms with van der Waals surface area (Å²) in [7, 11) is 1.65. The molecule has 1 atom stereocenters. The van der Waals surface area contributed by atoms with E-state index in [9.17, 15) is 0 Å². The molecule has 0 aromatic carbocycles. The highest BCUT2D eigenvalue weighted by Crippen LogP contribution is 2.21. The number of hydrogen-bond donors (Lipinski definition) is 2. The molecule has 0 radical (unpaired) electrons. The molecule has 6 heteroatoms. The molecule has 1 unspecified atom stereocenters. The molecule has 1 heterocycles. The SMILES string of the molecule is CCn1nc(C)c(Cl)c1CC(COC)NN. The number of aromatic nitrogens is 2. The van der Waals surface area contributed by atoms with Gasteiger partial charge in [-0.05, 0) is 13.8 Å². The zero-order valence-electron chi connectivity index (χ0n) is 9.96. The zero-order chi connectivity index (χ0) is 12.1.